The van der Waals surface area contributed by atoms with Crippen LogP contribution in [0.2, 0.25) is 0 Å². The molecule has 0 saturated carbocycles. The van der Waals surface area contributed by atoms with E-state index in [1.54, 1.807) is 0 Å². The molecule has 1 aliphatic rings. The second-order valence-corrected chi connectivity index (χ2v) is 5.60. The number of benzene rings is 2. The van der Waals surface area contributed by atoms with Crippen molar-refractivity contribution in [1.82, 2.24) is 0 Å². The molecule has 21 heavy (non-hydrogen) atoms. The molecule has 0 bridgehead atoms. The maximum atomic E-state index is 6.44. The Morgan fingerprint density at radius 1 is 0.905 bits per heavy atom. The fourth-order valence-electron chi connectivity index (χ4n) is 3.34. The minimum atomic E-state index is -0.508. The summed E-state index contributed by atoms with van der Waals surface area (Å²) in [4.78, 5) is 0. The summed E-state index contributed by atoms with van der Waals surface area (Å²) in [5.41, 5.74) is 9.17. The summed E-state index contributed by atoms with van der Waals surface area (Å²) < 4.78 is 6.44. The van der Waals surface area contributed by atoms with Gasteiger partial charge in [0.25, 0.3) is 0 Å². The first-order valence-corrected chi connectivity index (χ1v) is 7.37. The van der Waals surface area contributed by atoms with Crippen LogP contribution in [-0.2, 0) is 10.3 Å². The number of hydrogen-bond acceptors (Lipinski definition) is 2. The third-order valence-corrected chi connectivity index (χ3v) is 4.52. The van der Waals surface area contributed by atoms with Gasteiger partial charge in [0.05, 0.1) is 5.76 Å². The molecular weight excluding hydrogens is 258 g/mol. The lowest BCUT2D eigenvalue weighted by Crippen LogP contribution is -2.39. The van der Waals surface area contributed by atoms with Crippen LogP contribution in [0.25, 0.3) is 0 Å². The Balaban J connectivity index is 2.23. The average Bonchev–Trinajstić information content (AvgIpc) is 2.81. The topological polar surface area (TPSA) is 35.2 Å². The average molecular weight is 279 g/mol. The SMILES string of the molecule is CC1=C(C)C(CN)C(c2ccccc2)(c2ccccc2)O1. The number of rotatable bonds is 3. The van der Waals surface area contributed by atoms with Crippen molar-refractivity contribution in [3.05, 3.63) is 83.1 Å². The first kappa shape index (κ1) is 13.9. The normalized spacial score (nSPS) is 20.4. The van der Waals surface area contributed by atoms with Crippen molar-refractivity contribution in [2.75, 3.05) is 6.54 Å². The fourth-order valence-corrected chi connectivity index (χ4v) is 3.34. The third-order valence-electron chi connectivity index (χ3n) is 4.52. The summed E-state index contributed by atoms with van der Waals surface area (Å²) >= 11 is 0. The number of nitrogens with two attached hydrogens (primary N) is 1. The number of hydrogen-bond donors (Lipinski definition) is 1. The first-order chi connectivity index (χ1) is 10.2. The van der Waals surface area contributed by atoms with E-state index in [0.29, 0.717) is 6.54 Å². The van der Waals surface area contributed by atoms with Crippen LogP contribution in [0.1, 0.15) is 25.0 Å². The molecule has 108 valence electrons. The van der Waals surface area contributed by atoms with Gasteiger partial charge in [0.2, 0.25) is 0 Å². The summed E-state index contributed by atoms with van der Waals surface area (Å²) in [5.74, 6) is 1.14. The molecule has 0 aromatic heterocycles. The Morgan fingerprint density at radius 3 is 1.81 bits per heavy atom. The van der Waals surface area contributed by atoms with Crippen LogP contribution in [0.4, 0.5) is 0 Å². The van der Waals surface area contributed by atoms with Gasteiger partial charge in [-0.3, -0.25) is 0 Å². The molecule has 2 aromatic rings. The van der Waals surface area contributed by atoms with Crippen LogP contribution in [-0.4, -0.2) is 6.54 Å². The van der Waals surface area contributed by atoms with Gasteiger partial charge in [-0.1, -0.05) is 60.7 Å². The van der Waals surface area contributed by atoms with E-state index >= 15 is 0 Å². The smallest absolute Gasteiger partial charge is 0.166 e. The zero-order valence-corrected chi connectivity index (χ0v) is 12.5. The standard InChI is InChI=1S/C19H21NO/c1-14-15(2)21-19(18(14)13-20,16-9-5-3-6-10-16)17-11-7-4-8-12-17/h3-12,18H,13,20H2,1-2H3. The van der Waals surface area contributed by atoms with Crippen LogP contribution in [0.5, 0.6) is 0 Å². The van der Waals surface area contributed by atoms with E-state index in [-0.39, 0.29) is 5.92 Å². The lowest BCUT2D eigenvalue weighted by Gasteiger charge is -2.36. The van der Waals surface area contributed by atoms with Gasteiger partial charge in [0, 0.05) is 23.6 Å². The van der Waals surface area contributed by atoms with Gasteiger partial charge in [-0.15, -0.1) is 0 Å². The molecule has 2 nitrogen and oxygen atoms in total. The highest BCUT2D eigenvalue weighted by molar-refractivity contribution is 5.43. The molecule has 0 aliphatic carbocycles. The summed E-state index contributed by atoms with van der Waals surface area (Å²) in [6.45, 7) is 4.72. The Morgan fingerprint density at radius 2 is 1.38 bits per heavy atom. The number of allylic oxidation sites excluding steroid dienone is 1. The zero-order valence-electron chi connectivity index (χ0n) is 12.5. The Hall–Kier alpha value is -2.06. The quantitative estimate of drug-likeness (QED) is 0.926. The maximum Gasteiger partial charge on any atom is 0.166 e. The van der Waals surface area contributed by atoms with Crippen LogP contribution in [0, 0.1) is 5.92 Å². The molecule has 3 rings (SSSR count). The van der Waals surface area contributed by atoms with Crippen molar-refractivity contribution >= 4 is 0 Å². The van der Waals surface area contributed by atoms with Gasteiger partial charge in [0.1, 0.15) is 0 Å². The van der Waals surface area contributed by atoms with Gasteiger partial charge < -0.3 is 10.5 Å². The molecule has 2 heteroatoms. The molecule has 2 aromatic carbocycles. The van der Waals surface area contributed by atoms with Crippen LogP contribution >= 0.6 is 0 Å². The van der Waals surface area contributed by atoms with Crippen LogP contribution in [0.15, 0.2) is 72.0 Å². The largest absolute Gasteiger partial charge is 0.482 e. The Labute approximate surface area is 126 Å². The van der Waals surface area contributed by atoms with E-state index < -0.39 is 5.60 Å². The predicted octanol–water partition coefficient (Wildman–Crippen LogP) is 3.83. The lowest BCUT2D eigenvalue weighted by molar-refractivity contribution is 0.0296. The molecule has 0 saturated heterocycles. The molecule has 0 amide bonds. The highest BCUT2D eigenvalue weighted by Crippen LogP contribution is 2.50. The van der Waals surface area contributed by atoms with E-state index in [9.17, 15) is 0 Å². The summed E-state index contributed by atoms with van der Waals surface area (Å²) in [6, 6.07) is 20.8. The monoisotopic (exact) mass is 279 g/mol. The van der Waals surface area contributed by atoms with E-state index in [4.69, 9.17) is 10.5 Å². The molecular formula is C19H21NO. The Bertz CT molecular complexity index is 606. The molecule has 1 aliphatic heterocycles. The molecule has 1 unspecified atom stereocenters. The van der Waals surface area contributed by atoms with E-state index in [0.717, 1.165) is 16.9 Å². The minimum absolute atomic E-state index is 0.155. The van der Waals surface area contributed by atoms with Crippen molar-refractivity contribution in [1.29, 1.82) is 0 Å². The molecule has 2 N–H and O–H groups in total. The van der Waals surface area contributed by atoms with Crippen molar-refractivity contribution < 1.29 is 4.74 Å². The van der Waals surface area contributed by atoms with Gasteiger partial charge in [-0.05, 0) is 19.4 Å². The minimum Gasteiger partial charge on any atom is -0.482 e. The maximum absolute atomic E-state index is 6.44. The highest BCUT2D eigenvalue weighted by Gasteiger charge is 2.49. The van der Waals surface area contributed by atoms with Gasteiger partial charge >= 0.3 is 0 Å². The van der Waals surface area contributed by atoms with Gasteiger partial charge in [0.15, 0.2) is 5.60 Å². The highest BCUT2D eigenvalue weighted by atomic mass is 16.5. The molecule has 1 heterocycles. The molecule has 1 atom stereocenters. The third kappa shape index (κ3) is 2.07. The van der Waals surface area contributed by atoms with Crippen molar-refractivity contribution in [3.63, 3.8) is 0 Å². The van der Waals surface area contributed by atoms with Crippen LogP contribution in [0.3, 0.4) is 0 Å². The molecule has 0 spiro atoms. The molecule has 0 radical (unpaired) electrons. The lowest BCUT2D eigenvalue weighted by atomic mass is 9.74. The van der Waals surface area contributed by atoms with E-state index in [2.05, 4.69) is 55.5 Å². The Kier molecular flexibility index (Phi) is 3.56. The second kappa shape index (κ2) is 5.38. The van der Waals surface area contributed by atoms with E-state index in [1.807, 2.05) is 19.1 Å². The summed E-state index contributed by atoms with van der Waals surface area (Å²) in [5, 5.41) is 0. The van der Waals surface area contributed by atoms with Crippen molar-refractivity contribution in [3.8, 4) is 0 Å². The van der Waals surface area contributed by atoms with Crippen molar-refractivity contribution in [2.24, 2.45) is 11.7 Å². The fraction of sp³-hybridized carbons (Fsp3) is 0.263. The van der Waals surface area contributed by atoms with Gasteiger partial charge in [-0.2, -0.15) is 0 Å². The second-order valence-electron chi connectivity index (χ2n) is 5.60. The first-order valence-electron chi connectivity index (χ1n) is 7.37. The summed E-state index contributed by atoms with van der Waals surface area (Å²) in [7, 11) is 0. The van der Waals surface area contributed by atoms with E-state index in [1.165, 1.54) is 5.57 Å². The molecule has 0 fully saturated rings. The van der Waals surface area contributed by atoms with Gasteiger partial charge in [-0.25, -0.2) is 0 Å². The predicted molar refractivity (Wildman–Crippen MR) is 85.7 cm³/mol. The zero-order chi connectivity index (χ0) is 14.9. The van der Waals surface area contributed by atoms with Crippen molar-refractivity contribution in [2.45, 2.75) is 19.4 Å². The van der Waals surface area contributed by atoms with Crippen LogP contribution < -0.4 is 5.73 Å². The summed E-state index contributed by atoms with van der Waals surface area (Å²) in [6.07, 6.45) is 0. The number of ether oxygens (including phenoxy) is 1.